The fourth-order valence-electron chi connectivity index (χ4n) is 2.66. The number of pyridine rings is 1. The minimum Gasteiger partial charge on any atom is -0.351 e. The molecule has 1 aliphatic rings. The number of rotatable bonds is 7. The molecule has 0 aliphatic carbocycles. The van der Waals surface area contributed by atoms with Gasteiger partial charge >= 0.3 is 0 Å². The Balaban J connectivity index is 1.79. The van der Waals surface area contributed by atoms with E-state index in [0.29, 0.717) is 23.7 Å². The van der Waals surface area contributed by atoms with Crippen LogP contribution in [-0.2, 0) is 4.79 Å². The second-order valence-corrected chi connectivity index (χ2v) is 6.43. The van der Waals surface area contributed by atoms with E-state index in [9.17, 15) is 9.59 Å². The van der Waals surface area contributed by atoms with Crippen molar-refractivity contribution in [3.8, 4) is 0 Å². The van der Waals surface area contributed by atoms with Crippen molar-refractivity contribution in [2.24, 2.45) is 0 Å². The van der Waals surface area contributed by atoms with Crippen LogP contribution in [0.1, 0.15) is 29.8 Å². The summed E-state index contributed by atoms with van der Waals surface area (Å²) in [6.07, 6.45) is 3.68. The summed E-state index contributed by atoms with van der Waals surface area (Å²) in [7, 11) is 3.99. The Morgan fingerprint density at radius 3 is 2.91 bits per heavy atom. The highest BCUT2D eigenvalue weighted by atomic mass is 35.5. The van der Waals surface area contributed by atoms with Crippen molar-refractivity contribution in [3.05, 3.63) is 29.0 Å². The van der Waals surface area contributed by atoms with Crippen LogP contribution >= 0.6 is 11.6 Å². The molecule has 2 amide bonds. The van der Waals surface area contributed by atoms with Gasteiger partial charge in [0.15, 0.2) is 0 Å². The third kappa shape index (κ3) is 5.18. The number of amides is 2. The normalized spacial score (nSPS) is 17.8. The van der Waals surface area contributed by atoms with Crippen LogP contribution in [0.5, 0.6) is 0 Å². The largest absolute Gasteiger partial charge is 0.351 e. The van der Waals surface area contributed by atoms with Crippen LogP contribution < -0.4 is 5.32 Å². The average Bonchev–Trinajstić information content (AvgIpc) is 2.86. The molecule has 7 heteroatoms. The Kier molecular flexibility index (Phi) is 6.36. The van der Waals surface area contributed by atoms with Gasteiger partial charge in [-0.15, -0.1) is 0 Å². The smallest absolute Gasteiger partial charge is 0.269 e. The fraction of sp³-hybridized carbons (Fsp3) is 0.562. The number of carbonyl (C=O) groups is 2. The molecule has 0 radical (unpaired) electrons. The van der Waals surface area contributed by atoms with E-state index in [2.05, 4.69) is 15.2 Å². The summed E-state index contributed by atoms with van der Waals surface area (Å²) in [6.45, 7) is 2.12. The summed E-state index contributed by atoms with van der Waals surface area (Å²) < 4.78 is 0. The molecule has 0 aromatic carbocycles. The van der Waals surface area contributed by atoms with E-state index < -0.39 is 0 Å². The van der Waals surface area contributed by atoms with E-state index in [1.165, 1.54) is 6.20 Å². The lowest BCUT2D eigenvalue weighted by Gasteiger charge is -2.26. The maximum atomic E-state index is 12.0. The second kappa shape index (κ2) is 8.26. The van der Waals surface area contributed by atoms with Crippen LogP contribution in [0, 0.1) is 0 Å². The number of hydrogen-bond acceptors (Lipinski definition) is 4. The van der Waals surface area contributed by atoms with Crippen molar-refractivity contribution < 1.29 is 9.59 Å². The van der Waals surface area contributed by atoms with Gasteiger partial charge in [0.2, 0.25) is 5.91 Å². The van der Waals surface area contributed by atoms with Gasteiger partial charge in [-0.1, -0.05) is 11.6 Å². The predicted molar refractivity (Wildman–Crippen MR) is 89.5 cm³/mol. The first kappa shape index (κ1) is 17.7. The summed E-state index contributed by atoms with van der Waals surface area (Å²) in [5, 5.41) is 3.36. The Bertz CT molecular complexity index is 548. The van der Waals surface area contributed by atoms with Gasteiger partial charge in [-0.25, -0.2) is 4.98 Å². The van der Waals surface area contributed by atoms with Crippen molar-refractivity contribution in [1.29, 1.82) is 0 Å². The topological polar surface area (TPSA) is 65.5 Å². The summed E-state index contributed by atoms with van der Waals surface area (Å²) in [5.41, 5.74) is 0.348. The van der Waals surface area contributed by atoms with Gasteiger partial charge in [0, 0.05) is 38.3 Å². The Hall–Kier alpha value is -1.66. The molecule has 0 spiro atoms. The van der Waals surface area contributed by atoms with Gasteiger partial charge in [0.25, 0.3) is 5.91 Å². The zero-order chi connectivity index (χ0) is 16.8. The number of carbonyl (C=O) groups excluding carboxylic acids is 2. The molecule has 0 saturated carbocycles. The molecule has 6 nitrogen and oxygen atoms in total. The van der Waals surface area contributed by atoms with E-state index in [0.717, 1.165) is 25.9 Å². The minimum atomic E-state index is -0.217. The molecule has 1 fully saturated rings. The number of aromatic nitrogens is 1. The third-order valence-corrected chi connectivity index (χ3v) is 4.19. The van der Waals surface area contributed by atoms with Crippen molar-refractivity contribution >= 4 is 23.4 Å². The fourth-order valence-corrected chi connectivity index (χ4v) is 2.77. The van der Waals surface area contributed by atoms with Gasteiger partial charge in [-0.3, -0.25) is 9.59 Å². The Morgan fingerprint density at radius 1 is 1.48 bits per heavy atom. The molecule has 1 aromatic rings. The molecule has 0 bridgehead atoms. The van der Waals surface area contributed by atoms with Crippen LogP contribution in [0.15, 0.2) is 18.3 Å². The van der Waals surface area contributed by atoms with Crippen LogP contribution in [0.4, 0.5) is 0 Å². The summed E-state index contributed by atoms with van der Waals surface area (Å²) in [4.78, 5) is 31.9. The van der Waals surface area contributed by atoms with Crippen molar-refractivity contribution in [3.63, 3.8) is 0 Å². The van der Waals surface area contributed by atoms with Crippen molar-refractivity contribution in [2.75, 3.05) is 33.7 Å². The Morgan fingerprint density at radius 2 is 2.26 bits per heavy atom. The summed E-state index contributed by atoms with van der Waals surface area (Å²) in [5.74, 6) is -0.00613. The highest BCUT2D eigenvalue weighted by molar-refractivity contribution is 6.30. The molecule has 126 valence electrons. The lowest BCUT2D eigenvalue weighted by Crippen LogP contribution is -2.40. The van der Waals surface area contributed by atoms with E-state index in [1.807, 2.05) is 19.0 Å². The van der Waals surface area contributed by atoms with Crippen molar-refractivity contribution in [1.82, 2.24) is 20.1 Å². The number of likely N-dealkylation sites (N-methyl/N-ethyl adjacent to an activating group) is 1. The molecule has 1 atom stereocenters. The van der Waals surface area contributed by atoms with Gasteiger partial charge < -0.3 is 15.1 Å². The number of nitrogens with zero attached hydrogens (tertiary/aromatic N) is 3. The summed E-state index contributed by atoms with van der Waals surface area (Å²) >= 11 is 5.75. The predicted octanol–water partition coefficient (Wildman–Crippen LogP) is 1.41. The molecular formula is C16H23ClN4O2. The maximum Gasteiger partial charge on any atom is 0.269 e. The lowest BCUT2D eigenvalue weighted by atomic mass is 10.1. The molecule has 2 heterocycles. The molecule has 23 heavy (non-hydrogen) atoms. The first-order valence-corrected chi connectivity index (χ1v) is 8.19. The lowest BCUT2D eigenvalue weighted by molar-refractivity contribution is -0.129. The molecule has 1 aliphatic heterocycles. The zero-order valence-electron chi connectivity index (χ0n) is 13.6. The van der Waals surface area contributed by atoms with Crippen LogP contribution in [-0.4, -0.2) is 66.4 Å². The first-order chi connectivity index (χ1) is 11.0. The van der Waals surface area contributed by atoms with E-state index in [-0.39, 0.29) is 17.9 Å². The standard InChI is InChI=1S/C16H23ClN4O2/c1-20(2)9-10-21-13(4-6-15(21)22)7-8-18-16(23)14-5-3-12(17)11-19-14/h3,5,11,13H,4,6-10H2,1-2H3,(H,18,23). The number of hydrogen-bond donors (Lipinski definition) is 1. The van der Waals surface area contributed by atoms with E-state index >= 15 is 0 Å². The van der Waals surface area contributed by atoms with Crippen LogP contribution in [0.3, 0.4) is 0 Å². The van der Waals surface area contributed by atoms with Gasteiger partial charge in [-0.05, 0) is 39.1 Å². The SMILES string of the molecule is CN(C)CCN1C(=O)CCC1CCNC(=O)c1ccc(Cl)cn1. The maximum absolute atomic E-state index is 12.0. The second-order valence-electron chi connectivity index (χ2n) is 5.99. The quantitative estimate of drug-likeness (QED) is 0.816. The summed E-state index contributed by atoms with van der Waals surface area (Å²) in [6, 6.07) is 3.45. The average molecular weight is 339 g/mol. The van der Waals surface area contributed by atoms with Gasteiger partial charge in [-0.2, -0.15) is 0 Å². The van der Waals surface area contributed by atoms with Gasteiger partial charge in [0.1, 0.15) is 5.69 Å². The number of nitrogens with one attached hydrogen (secondary N) is 1. The molecular weight excluding hydrogens is 316 g/mol. The zero-order valence-corrected chi connectivity index (χ0v) is 14.3. The molecule has 2 rings (SSSR count). The molecule has 1 unspecified atom stereocenters. The van der Waals surface area contributed by atoms with E-state index in [4.69, 9.17) is 11.6 Å². The molecule has 1 saturated heterocycles. The Labute approximate surface area is 141 Å². The highest BCUT2D eigenvalue weighted by Gasteiger charge is 2.30. The van der Waals surface area contributed by atoms with E-state index in [1.54, 1.807) is 12.1 Å². The first-order valence-electron chi connectivity index (χ1n) is 7.81. The van der Waals surface area contributed by atoms with Crippen LogP contribution in [0.2, 0.25) is 5.02 Å². The highest BCUT2D eigenvalue weighted by Crippen LogP contribution is 2.20. The third-order valence-electron chi connectivity index (χ3n) is 3.96. The van der Waals surface area contributed by atoms with Crippen molar-refractivity contribution in [2.45, 2.75) is 25.3 Å². The number of halogens is 1. The molecule has 1 N–H and O–H groups in total. The van der Waals surface area contributed by atoms with Crippen LogP contribution in [0.25, 0.3) is 0 Å². The minimum absolute atomic E-state index is 0.209. The van der Waals surface area contributed by atoms with Gasteiger partial charge in [0.05, 0.1) is 5.02 Å². The molecule has 1 aromatic heterocycles. The monoisotopic (exact) mass is 338 g/mol. The number of likely N-dealkylation sites (tertiary alicyclic amines) is 1.